The van der Waals surface area contributed by atoms with Crippen molar-refractivity contribution in [2.24, 2.45) is 5.73 Å². The van der Waals surface area contributed by atoms with Gasteiger partial charge in [-0.15, -0.1) is 0 Å². The summed E-state index contributed by atoms with van der Waals surface area (Å²) >= 11 is 0. The molecule has 2 aromatic heterocycles. The smallest absolute Gasteiger partial charge is 0.128 e. The number of nitrogens with zero attached hydrogens (tertiary/aromatic N) is 2. The Labute approximate surface area is 114 Å². The lowest BCUT2D eigenvalue weighted by molar-refractivity contribution is 0.481. The van der Waals surface area contributed by atoms with Crippen LogP contribution >= 0.6 is 0 Å². The molecule has 1 atom stereocenters. The molecule has 2 N–H and O–H groups in total. The van der Waals surface area contributed by atoms with E-state index in [1.54, 1.807) is 0 Å². The van der Waals surface area contributed by atoms with Crippen LogP contribution in [0.25, 0.3) is 0 Å². The number of aryl methyl sites for hydroxylation is 1. The number of hydrogen-bond donors (Lipinski definition) is 1. The Morgan fingerprint density at radius 2 is 2.11 bits per heavy atom. The second-order valence-electron chi connectivity index (χ2n) is 5.07. The Hall–Kier alpha value is -1.81. The molecule has 2 aromatic rings. The largest absolute Gasteiger partial charge is 0.464 e. The lowest BCUT2D eigenvalue weighted by Crippen LogP contribution is -2.19. The number of rotatable bonds is 5. The van der Waals surface area contributed by atoms with Crippen LogP contribution in [0.5, 0.6) is 0 Å². The van der Waals surface area contributed by atoms with Crippen LogP contribution in [-0.2, 0) is 13.0 Å². The summed E-state index contributed by atoms with van der Waals surface area (Å²) in [4.78, 5) is 6.53. The normalized spacial score (nSPS) is 12.4. The van der Waals surface area contributed by atoms with Crippen molar-refractivity contribution in [2.75, 3.05) is 11.9 Å². The minimum atomic E-state index is 0.163. The molecule has 0 saturated carbocycles. The van der Waals surface area contributed by atoms with Gasteiger partial charge in [0.15, 0.2) is 0 Å². The summed E-state index contributed by atoms with van der Waals surface area (Å²) in [6.45, 7) is 4.66. The van der Waals surface area contributed by atoms with E-state index < -0.39 is 0 Å². The molecule has 1 unspecified atom stereocenters. The van der Waals surface area contributed by atoms with Crippen LogP contribution in [0, 0.1) is 6.92 Å². The fourth-order valence-electron chi connectivity index (χ4n) is 2.02. The molecule has 2 rings (SSSR count). The molecule has 0 aliphatic carbocycles. The minimum Gasteiger partial charge on any atom is -0.464 e. The molecular formula is C15H21N3O. The van der Waals surface area contributed by atoms with Gasteiger partial charge in [0.1, 0.15) is 17.3 Å². The average molecular weight is 259 g/mol. The summed E-state index contributed by atoms with van der Waals surface area (Å²) in [6, 6.07) is 8.23. The first-order chi connectivity index (χ1) is 9.04. The molecule has 0 aromatic carbocycles. The standard InChI is InChI=1S/C15H21N3O/c1-11(16)8-13-5-7-15(17-9-13)18(3)10-14-6-4-12(2)19-14/h4-7,9,11H,8,10,16H2,1-3H3. The lowest BCUT2D eigenvalue weighted by Gasteiger charge is -2.17. The van der Waals surface area contributed by atoms with Gasteiger partial charge in [0.2, 0.25) is 0 Å². The average Bonchev–Trinajstić information content (AvgIpc) is 2.75. The zero-order valence-electron chi connectivity index (χ0n) is 11.8. The topological polar surface area (TPSA) is 55.3 Å². The Morgan fingerprint density at radius 3 is 2.63 bits per heavy atom. The van der Waals surface area contributed by atoms with Gasteiger partial charge in [0.05, 0.1) is 6.54 Å². The van der Waals surface area contributed by atoms with Gasteiger partial charge in [0, 0.05) is 19.3 Å². The fourth-order valence-corrected chi connectivity index (χ4v) is 2.02. The van der Waals surface area contributed by atoms with Crippen molar-refractivity contribution < 1.29 is 4.42 Å². The first kappa shape index (κ1) is 13.6. The van der Waals surface area contributed by atoms with Gasteiger partial charge >= 0.3 is 0 Å². The molecule has 0 saturated heterocycles. The minimum absolute atomic E-state index is 0.163. The maximum atomic E-state index is 5.78. The highest BCUT2D eigenvalue weighted by Gasteiger charge is 2.07. The Kier molecular flexibility index (Phi) is 4.22. The summed E-state index contributed by atoms with van der Waals surface area (Å²) in [5.41, 5.74) is 6.94. The van der Waals surface area contributed by atoms with E-state index in [2.05, 4.69) is 16.0 Å². The van der Waals surface area contributed by atoms with Crippen molar-refractivity contribution in [2.45, 2.75) is 32.9 Å². The Bertz CT molecular complexity index is 516. The number of anilines is 1. The molecule has 0 aliphatic heterocycles. The van der Waals surface area contributed by atoms with E-state index in [-0.39, 0.29) is 6.04 Å². The van der Waals surface area contributed by atoms with E-state index in [0.717, 1.165) is 23.8 Å². The molecular weight excluding hydrogens is 238 g/mol. The van der Waals surface area contributed by atoms with Gasteiger partial charge in [-0.05, 0) is 44.0 Å². The Balaban J connectivity index is 2.01. The molecule has 19 heavy (non-hydrogen) atoms. The number of furan rings is 1. The van der Waals surface area contributed by atoms with Crippen molar-refractivity contribution in [3.8, 4) is 0 Å². The summed E-state index contributed by atoms with van der Waals surface area (Å²) in [5.74, 6) is 2.81. The van der Waals surface area contributed by atoms with E-state index in [4.69, 9.17) is 10.2 Å². The van der Waals surface area contributed by atoms with E-state index in [0.29, 0.717) is 6.54 Å². The molecule has 0 amide bonds. The molecule has 0 fully saturated rings. The molecule has 4 heteroatoms. The predicted octanol–water partition coefficient (Wildman–Crippen LogP) is 2.51. The second kappa shape index (κ2) is 5.89. The zero-order chi connectivity index (χ0) is 13.8. The third kappa shape index (κ3) is 3.83. The van der Waals surface area contributed by atoms with Gasteiger partial charge in [-0.2, -0.15) is 0 Å². The fraction of sp³-hybridized carbons (Fsp3) is 0.400. The molecule has 0 radical (unpaired) electrons. The van der Waals surface area contributed by atoms with E-state index in [1.807, 2.05) is 45.3 Å². The molecule has 0 aliphatic rings. The number of pyridine rings is 1. The van der Waals surface area contributed by atoms with Gasteiger partial charge in [-0.1, -0.05) is 6.07 Å². The predicted molar refractivity (Wildman–Crippen MR) is 77.1 cm³/mol. The van der Waals surface area contributed by atoms with Crippen LogP contribution in [0.4, 0.5) is 5.82 Å². The van der Waals surface area contributed by atoms with Gasteiger partial charge in [0.25, 0.3) is 0 Å². The quantitative estimate of drug-likeness (QED) is 0.896. The first-order valence-electron chi connectivity index (χ1n) is 6.51. The SMILES string of the molecule is Cc1ccc(CN(C)c2ccc(CC(C)N)cn2)o1. The van der Waals surface area contributed by atoms with Crippen molar-refractivity contribution in [3.05, 3.63) is 47.5 Å². The lowest BCUT2D eigenvalue weighted by atomic mass is 10.1. The maximum Gasteiger partial charge on any atom is 0.128 e. The van der Waals surface area contributed by atoms with Gasteiger partial charge in [-0.25, -0.2) is 4.98 Å². The van der Waals surface area contributed by atoms with Crippen LogP contribution in [0.2, 0.25) is 0 Å². The van der Waals surface area contributed by atoms with Crippen molar-refractivity contribution in [3.63, 3.8) is 0 Å². The third-order valence-corrected chi connectivity index (χ3v) is 2.95. The van der Waals surface area contributed by atoms with Crippen molar-refractivity contribution in [1.82, 2.24) is 4.98 Å². The second-order valence-corrected chi connectivity index (χ2v) is 5.07. The molecule has 4 nitrogen and oxygen atoms in total. The molecule has 2 heterocycles. The van der Waals surface area contributed by atoms with Crippen LogP contribution in [0.3, 0.4) is 0 Å². The van der Waals surface area contributed by atoms with E-state index >= 15 is 0 Å². The highest BCUT2D eigenvalue weighted by molar-refractivity contribution is 5.38. The highest BCUT2D eigenvalue weighted by Crippen LogP contribution is 2.15. The van der Waals surface area contributed by atoms with Crippen LogP contribution in [0.1, 0.15) is 24.0 Å². The number of nitrogens with two attached hydrogens (primary N) is 1. The number of aromatic nitrogens is 1. The highest BCUT2D eigenvalue weighted by atomic mass is 16.3. The summed E-state index contributed by atoms with van der Waals surface area (Å²) in [5, 5.41) is 0. The van der Waals surface area contributed by atoms with Gasteiger partial charge < -0.3 is 15.1 Å². The van der Waals surface area contributed by atoms with Crippen molar-refractivity contribution in [1.29, 1.82) is 0 Å². The number of hydrogen-bond acceptors (Lipinski definition) is 4. The van der Waals surface area contributed by atoms with Crippen LogP contribution < -0.4 is 10.6 Å². The molecule has 0 spiro atoms. The Morgan fingerprint density at radius 1 is 1.32 bits per heavy atom. The van der Waals surface area contributed by atoms with Crippen LogP contribution in [0.15, 0.2) is 34.9 Å². The summed E-state index contributed by atoms with van der Waals surface area (Å²) < 4.78 is 5.57. The summed E-state index contributed by atoms with van der Waals surface area (Å²) in [6.07, 6.45) is 2.75. The molecule has 102 valence electrons. The van der Waals surface area contributed by atoms with Crippen LogP contribution in [-0.4, -0.2) is 18.1 Å². The third-order valence-electron chi connectivity index (χ3n) is 2.95. The summed E-state index contributed by atoms with van der Waals surface area (Å²) in [7, 11) is 2.01. The zero-order valence-corrected chi connectivity index (χ0v) is 11.8. The van der Waals surface area contributed by atoms with E-state index in [1.165, 1.54) is 5.56 Å². The molecule has 0 bridgehead atoms. The van der Waals surface area contributed by atoms with Crippen molar-refractivity contribution >= 4 is 5.82 Å². The first-order valence-corrected chi connectivity index (χ1v) is 6.51. The maximum absolute atomic E-state index is 5.78. The monoisotopic (exact) mass is 259 g/mol. The van der Waals surface area contributed by atoms with Gasteiger partial charge in [-0.3, -0.25) is 0 Å². The van der Waals surface area contributed by atoms with E-state index in [9.17, 15) is 0 Å².